The second-order valence-corrected chi connectivity index (χ2v) is 4.30. The number of halogens is 3. The molecule has 0 aromatic carbocycles. The molecule has 2 nitrogen and oxygen atoms in total. The van der Waals surface area contributed by atoms with Gasteiger partial charge in [-0.1, -0.05) is 0 Å². The van der Waals surface area contributed by atoms with Crippen LogP contribution < -0.4 is 5.73 Å². The van der Waals surface area contributed by atoms with E-state index in [1.165, 1.54) is 0 Å². The highest BCUT2D eigenvalue weighted by Gasteiger charge is 2.26. The van der Waals surface area contributed by atoms with Gasteiger partial charge in [-0.25, -0.2) is 0 Å². The number of hydrogen-bond donors (Lipinski definition) is 1. The number of rotatable bonds is 4. The summed E-state index contributed by atoms with van der Waals surface area (Å²) >= 11 is 0. The zero-order chi connectivity index (χ0) is 13.1. The molecule has 0 amide bonds. The quantitative estimate of drug-likeness (QED) is 0.884. The van der Waals surface area contributed by atoms with E-state index in [2.05, 4.69) is 4.98 Å². The first-order chi connectivity index (χ1) is 7.78. The summed E-state index contributed by atoms with van der Waals surface area (Å²) in [7, 11) is 0. The summed E-state index contributed by atoms with van der Waals surface area (Å²) in [4.78, 5) is 4.20. The van der Waals surface area contributed by atoms with Crippen LogP contribution in [0.1, 0.15) is 42.3 Å². The van der Waals surface area contributed by atoms with Crippen LogP contribution >= 0.6 is 0 Å². The highest BCUT2D eigenvalue weighted by molar-refractivity contribution is 5.23. The highest BCUT2D eigenvalue weighted by atomic mass is 19.4. The lowest BCUT2D eigenvalue weighted by molar-refractivity contribution is -0.135. The zero-order valence-electron chi connectivity index (χ0n) is 10.0. The number of aromatic nitrogens is 1. The molecular formula is C12H17F3N2. The predicted molar refractivity (Wildman–Crippen MR) is 60.5 cm³/mol. The average molecular weight is 246 g/mol. The predicted octanol–water partition coefficient (Wildman–Crippen LogP) is 3.43. The lowest BCUT2D eigenvalue weighted by Crippen LogP contribution is -2.13. The Balaban J connectivity index is 2.55. The summed E-state index contributed by atoms with van der Waals surface area (Å²) in [6, 6.07) is 3.30. The van der Waals surface area contributed by atoms with Crippen LogP contribution in [0.2, 0.25) is 0 Å². The van der Waals surface area contributed by atoms with E-state index in [4.69, 9.17) is 5.73 Å². The van der Waals surface area contributed by atoms with Crippen molar-refractivity contribution >= 4 is 0 Å². The van der Waals surface area contributed by atoms with Crippen LogP contribution in [0.15, 0.2) is 12.1 Å². The largest absolute Gasteiger partial charge is 0.389 e. The van der Waals surface area contributed by atoms with Crippen LogP contribution in [0, 0.1) is 13.8 Å². The SMILES string of the molecule is Cc1cc(C(N)CCCC(F)(F)F)cc(C)n1. The molecule has 0 bridgehead atoms. The van der Waals surface area contributed by atoms with Crippen LogP contribution in [0.5, 0.6) is 0 Å². The average Bonchev–Trinajstić information content (AvgIpc) is 2.13. The Bertz CT molecular complexity index is 354. The van der Waals surface area contributed by atoms with Crippen molar-refractivity contribution in [3.63, 3.8) is 0 Å². The second kappa shape index (κ2) is 5.49. The molecule has 0 fully saturated rings. The number of nitrogens with two attached hydrogens (primary N) is 1. The van der Waals surface area contributed by atoms with Gasteiger partial charge in [0.25, 0.3) is 0 Å². The third-order valence-electron chi connectivity index (χ3n) is 2.51. The second-order valence-electron chi connectivity index (χ2n) is 4.30. The van der Waals surface area contributed by atoms with Crippen molar-refractivity contribution in [2.24, 2.45) is 5.73 Å². The fraction of sp³-hybridized carbons (Fsp3) is 0.583. The summed E-state index contributed by atoms with van der Waals surface area (Å²) in [6.07, 6.45) is -4.47. The Morgan fingerprint density at radius 1 is 1.24 bits per heavy atom. The summed E-state index contributed by atoms with van der Waals surface area (Å²) in [5, 5.41) is 0. The lowest BCUT2D eigenvalue weighted by atomic mass is 10.0. The van der Waals surface area contributed by atoms with Crippen molar-refractivity contribution in [2.45, 2.75) is 45.3 Å². The van der Waals surface area contributed by atoms with E-state index in [1.807, 2.05) is 26.0 Å². The Morgan fingerprint density at radius 3 is 2.24 bits per heavy atom. The van der Waals surface area contributed by atoms with Gasteiger partial charge >= 0.3 is 6.18 Å². The molecule has 0 aliphatic heterocycles. The summed E-state index contributed by atoms with van der Waals surface area (Å²) in [5.41, 5.74) is 8.40. The first-order valence-corrected chi connectivity index (χ1v) is 5.55. The molecule has 5 heteroatoms. The van der Waals surface area contributed by atoms with Gasteiger partial charge in [-0.15, -0.1) is 0 Å². The van der Waals surface area contributed by atoms with Crippen molar-refractivity contribution in [1.29, 1.82) is 0 Å². The third kappa shape index (κ3) is 5.17. The minimum Gasteiger partial charge on any atom is -0.324 e. The van der Waals surface area contributed by atoms with E-state index in [0.717, 1.165) is 17.0 Å². The van der Waals surface area contributed by atoms with E-state index in [9.17, 15) is 13.2 Å². The topological polar surface area (TPSA) is 38.9 Å². The number of hydrogen-bond acceptors (Lipinski definition) is 2. The van der Waals surface area contributed by atoms with Crippen LogP contribution in [0.25, 0.3) is 0 Å². The van der Waals surface area contributed by atoms with Crippen molar-refractivity contribution in [2.75, 3.05) is 0 Å². The first kappa shape index (κ1) is 14.0. The van der Waals surface area contributed by atoms with Crippen molar-refractivity contribution in [1.82, 2.24) is 4.98 Å². The molecule has 0 aliphatic rings. The van der Waals surface area contributed by atoms with Crippen LogP contribution in [-0.2, 0) is 0 Å². The van der Waals surface area contributed by atoms with Gasteiger partial charge in [-0.2, -0.15) is 13.2 Å². The molecule has 0 spiro atoms. The molecule has 0 aliphatic carbocycles. The van der Waals surface area contributed by atoms with Gasteiger partial charge in [0, 0.05) is 23.9 Å². The Kier molecular flexibility index (Phi) is 4.51. The minimum atomic E-state index is -4.09. The lowest BCUT2D eigenvalue weighted by Gasteiger charge is -2.14. The molecule has 96 valence electrons. The standard InChI is InChI=1S/C12H17F3N2/c1-8-6-10(7-9(2)17-8)11(16)4-3-5-12(13,14)15/h6-7,11H,3-5,16H2,1-2H3. The fourth-order valence-electron chi connectivity index (χ4n) is 1.77. The maximum Gasteiger partial charge on any atom is 0.389 e. The molecular weight excluding hydrogens is 229 g/mol. The van der Waals surface area contributed by atoms with Crippen LogP contribution in [0.3, 0.4) is 0 Å². The van der Waals surface area contributed by atoms with Gasteiger partial charge < -0.3 is 5.73 Å². The van der Waals surface area contributed by atoms with Crippen molar-refractivity contribution in [3.05, 3.63) is 29.1 Å². The van der Waals surface area contributed by atoms with E-state index in [1.54, 1.807) is 0 Å². The van der Waals surface area contributed by atoms with Gasteiger partial charge in [0.1, 0.15) is 0 Å². The molecule has 1 aromatic heterocycles. The van der Waals surface area contributed by atoms with Gasteiger partial charge in [0.05, 0.1) is 0 Å². The van der Waals surface area contributed by atoms with Crippen LogP contribution in [-0.4, -0.2) is 11.2 Å². The number of aryl methyl sites for hydroxylation is 2. The molecule has 0 saturated carbocycles. The minimum absolute atomic E-state index is 0.0606. The summed E-state index contributed by atoms with van der Waals surface area (Å²) < 4.78 is 36.0. The molecule has 0 radical (unpaired) electrons. The zero-order valence-corrected chi connectivity index (χ0v) is 10.0. The molecule has 17 heavy (non-hydrogen) atoms. The maximum atomic E-state index is 12.0. The Hall–Kier alpha value is -1.10. The van der Waals surface area contributed by atoms with Gasteiger partial charge in [0.2, 0.25) is 0 Å². The van der Waals surface area contributed by atoms with E-state index >= 15 is 0 Å². The fourth-order valence-corrected chi connectivity index (χ4v) is 1.77. The van der Waals surface area contributed by atoms with Crippen molar-refractivity contribution < 1.29 is 13.2 Å². The molecule has 1 unspecified atom stereocenters. The van der Waals surface area contributed by atoms with Gasteiger partial charge in [-0.05, 0) is 44.4 Å². The van der Waals surface area contributed by atoms with E-state index < -0.39 is 12.6 Å². The number of nitrogens with zero attached hydrogens (tertiary/aromatic N) is 1. The normalized spacial score (nSPS) is 13.8. The van der Waals surface area contributed by atoms with Crippen molar-refractivity contribution in [3.8, 4) is 0 Å². The Labute approximate surface area is 99.0 Å². The monoisotopic (exact) mass is 246 g/mol. The molecule has 1 atom stereocenters. The smallest absolute Gasteiger partial charge is 0.324 e. The number of alkyl halides is 3. The van der Waals surface area contributed by atoms with Gasteiger partial charge in [-0.3, -0.25) is 4.98 Å². The van der Waals surface area contributed by atoms with E-state index in [-0.39, 0.29) is 12.5 Å². The molecule has 2 N–H and O–H groups in total. The molecule has 1 aromatic rings. The molecule has 1 rings (SSSR count). The van der Waals surface area contributed by atoms with Crippen LogP contribution in [0.4, 0.5) is 13.2 Å². The van der Waals surface area contributed by atoms with Gasteiger partial charge in [0.15, 0.2) is 0 Å². The summed E-state index contributed by atoms with van der Waals surface area (Å²) in [5.74, 6) is 0. The third-order valence-corrected chi connectivity index (χ3v) is 2.51. The highest BCUT2D eigenvalue weighted by Crippen LogP contribution is 2.25. The first-order valence-electron chi connectivity index (χ1n) is 5.55. The van der Waals surface area contributed by atoms with E-state index in [0.29, 0.717) is 6.42 Å². The summed E-state index contributed by atoms with van der Waals surface area (Å²) in [6.45, 7) is 3.69. The number of pyridine rings is 1. The maximum absolute atomic E-state index is 12.0. The Morgan fingerprint density at radius 2 is 1.76 bits per heavy atom. The molecule has 0 saturated heterocycles. The molecule has 1 heterocycles.